The fourth-order valence-electron chi connectivity index (χ4n) is 2.10. The number of para-hydroxylation sites is 1. The zero-order valence-corrected chi connectivity index (χ0v) is 10.5. The van der Waals surface area contributed by atoms with Crippen LogP contribution in [0.2, 0.25) is 0 Å². The maximum Gasteiger partial charge on any atom is 0.118 e. The normalized spacial score (nSPS) is 12.3. The highest BCUT2D eigenvalue weighted by atomic mass is 16.5. The minimum Gasteiger partial charge on any atom is -0.508 e. The average molecular weight is 242 g/mol. The Morgan fingerprint density at radius 1 is 1.00 bits per heavy atom. The molecule has 0 fully saturated rings. The van der Waals surface area contributed by atoms with Gasteiger partial charge in [0, 0.05) is 7.11 Å². The van der Waals surface area contributed by atoms with E-state index in [2.05, 4.69) is 12.1 Å². The Morgan fingerprint density at radius 2 is 1.67 bits per heavy atom. The van der Waals surface area contributed by atoms with Crippen LogP contribution in [0.15, 0.2) is 54.6 Å². The van der Waals surface area contributed by atoms with Crippen LogP contribution in [0.4, 0.5) is 0 Å². The van der Waals surface area contributed by atoms with Gasteiger partial charge in [0.15, 0.2) is 0 Å². The van der Waals surface area contributed by atoms with Gasteiger partial charge in [-0.3, -0.25) is 0 Å². The molecule has 0 aliphatic carbocycles. The molecule has 0 saturated heterocycles. The summed E-state index contributed by atoms with van der Waals surface area (Å²) in [5, 5.41) is 9.73. The third kappa shape index (κ3) is 3.11. The maximum atomic E-state index is 9.73. The lowest BCUT2D eigenvalue weighted by Crippen LogP contribution is -2.03. The summed E-state index contributed by atoms with van der Waals surface area (Å²) in [6.07, 6.45) is 1.74. The molecular weight excluding hydrogens is 224 g/mol. The van der Waals surface area contributed by atoms with Crippen molar-refractivity contribution in [2.24, 2.45) is 0 Å². The van der Waals surface area contributed by atoms with Crippen LogP contribution in [0.3, 0.4) is 0 Å². The second-order valence-corrected chi connectivity index (χ2v) is 4.30. The van der Waals surface area contributed by atoms with E-state index in [1.807, 2.05) is 36.4 Å². The van der Waals surface area contributed by atoms with Gasteiger partial charge in [-0.1, -0.05) is 48.5 Å². The van der Waals surface area contributed by atoms with Gasteiger partial charge in [-0.05, 0) is 30.0 Å². The summed E-state index contributed by atoms with van der Waals surface area (Å²) in [6.45, 7) is 0. The highest BCUT2D eigenvalue weighted by Gasteiger charge is 2.11. The number of methoxy groups -OCH3 is 1. The van der Waals surface area contributed by atoms with Gasteiger partial charge in [-0.25, -0.2) is 0 Å². The maximum absolute atomic E-state index is 9.73. The van der Waals surface area contributed by atoms with Crippen LogP contribution in [0.1, 0.15) is 23.7 Å². The lowest BCUT2D eigenvalue weighted by Gasteiger charge is -2.16. The number of phenolic OH excluding ortho intramolecular Hbond substituents is 1. The first kappa shape index (κ1) is 12.7. The van der Waals surface area contributed by atoms with Gasteiger partial charge >= 0.3 is 0 Å². The third-order valence-electron chi connectivity index (χ3n) is 3.12. The standard InChI is InChI=1S/C16H18O2/c1-18-16(14-8-3-2-4-9-14)12-11-13-7-5-6-10-15(13)17/h2-10,16-17H,11-12H2,1H3. The molecule has 0 heterocycles. The molecule has 0 saturated carbocycles. The van der Waals surface area contributed by atoms with Crippen LogP contribution >= 0.6 is 0 Å². The summed E-state index contributed by atoms with van der Waals surface area (Å²) in [7, 11) is 1.72. The van der Waals surface area contributed by atoms with Crippen molar-refractivity contribution < 1.29 is 9.84 Å². The van der Waals surface area contributed by atoms with E-state index in [1.165, 1.54) is 5.56 Å². The first-order chi connectivity index (χ1) is 8.81. The number of aromatic hydroxyl groups is 1. The van der Waals surface area contributed by atoms with E-state index in [-0.39, 0.29) is 6.10 Å². The van der Waals surface area contributed by atoms with E-state index >= 15 is 0 Å². The summed E-state index contributed by atoms with van der Waals surface area (Å²) in [5.41, 5.74) is 2.14. The Hall–Kier alpha value is -1.80. The number of hydrogen-bond acceptors (Lipinski definition) is 2. The average Bonchev–Trinajstić information content (AvgIpc) is 2.42. The van der Waals surface area contributed by atoms with Crippen LogP contribution < -0.4 is 0 Å². The molecular formula is C16H18O2. The van der Waals surface area contributed by atoms with Crippen LogP contribution in [-0.2, 0) is 11.2 Å². The Labute approximate surface area is 108 Å². The van der Waals surface area contributed by atoms with Crippen LogP contribution in [0.25, 0.3) is 0 Å². The van der Waals surface area contributed by atoms with Gasteiger partial charge in [0.2, 0.25) is 0 Å². The van der Waals surface area contributed by atoms with Crippen LogP contribution in [0, 0.1) is 0 Å². The number of rotatable bonds is 5. The first-order valence-electron chi connectivity index (χ1n) is 6.16. The number of ether oxygens (including phenoxy) is 1. The molecule has 0 amide bonds. The molecule has 0 radical (unpaired) electrons. The topological polar surface area (TPSA) is 29.5 Å². The molecule has 0 aromatic heterocycles. The van der Waals surface area contributed by atoms with Crippen molar-refractivity contribution >= 4 is 0 Å². The second-order valence-electron chi connectivity index (χ2n) is 4.30. The molecule has 2 aromatic rings. The fraction of sp³-hybridized carbons (Fsp3) is 0.250. The van der Waals surface area contributed by atoms with E-state index in [9.17, 15) is 5.11 Å². The Kier molecular flexibility index (Phi) is 4.37. The summed E-state index contributed by atoms with van der Waals surface area (Å²) in [5.74, 6) is 0.361. The van der Waals surface area contributed by atoms with E-state index in [4.69, 9.17) is 4.74 Å². The van der Waals surface area contributed by atoms with Crippen molar-refractivity contribution in [1.29, 1.82) is 0 Å². The minimum absolute atomic E-state index is 0.0748. The third-order valence-corrected chi connectivity index (χ3v) is 3.12. The van der Waals surface area contributed by atoms with Gasteiger partial charge < -0.3 is 9.84 Å². The van der Waals surface area contributed by atoms with Crippen molar-refractivity contribution in [2.75, 3.05) is 7.11 Å². The molecule has 0 aliphatic rings. The highest BCUT2D eigenvalue weighted by Crippen LogP contribution is 2.25. The highest BCUT2D eigenvalue weighted by molar-refractivity contribution is 5.32. The van der Waals surface area contributed by atoms with E-state index in [0.29, 0.717) is 5.75 Å². The largest absolute Gasteiger partial charge is 0.508 e. The molecule has 1 atom stereocenters. The Morgan fingerprint density at radius 3 is 2.33 bits per heavy atom. The van der Waals surface area contributed by atoms with Gasteiger partial charge in [0.1, 0.15) is 5.75 Å². The fourth-order valence-corrected chi connectivity index (χ4v) is 2.10. The van der Waals surface area contributed by atoms with E-state index in [1.54, 1.807) is 13.2 Å². The molecule has 0 aliphatic heterocycles. The molecule has 2 heteroatoms. The summed E-state index contributed by atoms with van der Waals surface area (Å²) >= 11 is 0. The van der Waals surface area contributed by atoms with Gasteiger partial charge in [-0.15, -0.1) is 0 Å². The molecule has 2 aromatic carbocycles. The van der Waals surface area contributed by atoms with Crippen LogP contribution in [0.5, 0.6) is 5.75 Å². The summed E-state index contributed by atoms with van der Waals surface area (Å²) in [6, 6.07) is 17.6. The number of benzene rings is 2. The Bertz CT molecular complexity index is 479. The molecule has 0 spiro atoms. The van der Waals surface area contributed by atoms with Crippen molar-refractivity contribution in [3.05, 3.63) is 65.7 Å². The lowest BCUT2D eigenvalue weighted by molar-refractivity contribution is 0.0958. The monoisotopic (exact) mass is 242 g/mol. The lowest BCUT2D eigenvalue weighted by atomic mass is 10.0. The zero-order chi connectivity index (χ0) is 12.8. The van der Waals surface area contributed by atoms with Crippen molar-refractivity contribution in [3.63, 3.8) is 0 Å². The van der Waals surface area contributed by atoms with Crippen molar-refractivity contribution in [1.82, 2.24) is 0 Å². The zero-order valence-electron chi connectivity index (χ0n) is 10.5. The van der Waals surface area contributed by atoms with Crippen molar-refractivity contribution in [3.8, 4) is 5.75 Å². The van der Waals surface area contributed by atoms with E-state index in [0.717, 1.165) is 18.4 Å². The minimum atomic E-state index is 0.0748. The SMILES string of the molecule is COC(CCc1ccccc1O)c1ccccc1. The van der Waals surface area contributed by atoms with E-state index < -0.39 is 0 Å². The number of aryl methyl sites for hydroxylation is 1. The predicted molar refractivity (Wildman–Crippen MR) is 72.6 cm³/mol. The number of phenols is 1. The van der Waals surface area contributed by atoms with Crippen LogP contribution in [-0.4, -0.2) is 12.2 Å². The molecule has 2 nitrogen and oxygen atoms in total. The predicted octanol–water partition coefficient (Wildman–Crippen LogP) is 3.71. The molecule has 0 bridgehead atoms. The smallest absolute Gasteiger partial charge is 0.118 e. The van der Waals surface area contributed by atoms with Gasteiger partial charge in [0.25, 0.3) is 0 Å². The van der Waals surface area contributed by atoms with Gasteiger partial charge in [0.05, 0.1) is 6.10 Å². The molecule has 1 N–H and O–H groups in total. The second kappa shape index (κ2) is 6.22. The molecule has 94 valence electrons. The summed E-state index contributed by atoms with van der Waals surface area (Å²) in [4.78, 5) is 0. The molecule has 2 rings (SSSR count). The molecule has 1 unspecified atom stereocenters. The quantitative estimate of drug-likeness (QED) is 0.866. The molecule has 18 heavy (non-hydrogen) atoms. The number of hydrogen-bond donors (Lipinski definition) is 1. The van der Waals surface area contributed by atoms with Crippen molar-refractivity contribution in [2.45, 2.75) is 18.9 Å². The summed E-state index contributed by atoms with van der Waals surface area (Å²) < 4.78 is 5.52. The Balaban J connectivity index is 2.02. The first-order valence-corrected chi connectivity index (χ1v) is 6.16. The van der Waals surface area contributed by atoms with Gasteiger partial charge in [-0.2, -0.15) is 0 Å².